The van der Waals surface area contributed by atoms with Gasteiger partial charge < -0.3 is 9.47 Å². The Morgan fingerprint density at radius 3 is 2.23 bits per heavy atom. The fourth-order valence-electron chi connectivity index (χ4n) is 4.92. The third-order valence-corrected chi connectivity index (χ3v) is 6.78. The predicted molar refractivity (Wildman–Crippen MR) is 125 cm³/mol. The summed E-state index contributed by atoms with van der Waals surface area (Å²) in [7, 11) is 0. The van der Waals surface area contributed by atoms with Gasteiger partial charge in [0.15, 0.2) is 5.82 Å². The summed E-state index contributed by atoms with van der Waals surface area (Å²) in [6.45, 7) is 7.48. The van der Waals surface area contributed by atoms with Gasteiger partial charge in [0, 0.05) is 36.9 Å². The molecule has 0 atom stereocenters. The van der Waals surface area contributed by atoms with Gasteiger partial charge in [0.25, 0.3) is 0 Å². The maximum atomic E-state index is 4.89. The first kappa shape index (κ1) is 18.9. The second-order valence-corrected chi connectivity index (χ2v) is 8.48. The third kappa shape index (κ3) is 3.39. The molecule has 2 aromatic carbocycles. The van der Waals surface area contributed by atoms with Crippen molar-refractivity contribution >= 4 is 16.7 Å². The predicted octanol–water partition coefficient (Wildman–Crippen LogP) is 6.09. The molecular weight excluding hydrogens is 366 g/mol. The van der Waals surface area contributed by atoms with E-state index in [0.717, 1.165) is 25.5 Å². The highest BCUT2D eigenvalue weighted by atomic mass is 15.2. The van der Waals surface area contributed by atoms with E-state index in [1.165, 1.54) is 46.1 Å². The standard InChI is InChI=1S/C27H29N3/c1-20-21(2)30(19-22-9-5-3-6-10-22)26-25(20)13-16-28-27(26)29-17-14-24(15-18-29)23-11-7-4-8-12-23/h3-13,16,24H,14-15,17-19H2,1-2H3. The molecule has 0 amide bonds. The molecule has 1 saturated heterocycles. The summed E-state index contributed by atoms with van der Waals surface area (Å²) in [5, 5.41) is 1.33. The van der Waals surface area contributed by atoms with Crippen LogP contribution < -0.4 is 4.90 Å². The number of hydrogen-bond acceptors (Lipinski definition) is 2. The van der Waals surface area contributed by atoms with Crippen molar-refractivity contribution in [1.82, 2.24) is 9.55 Å². The van der Waals surface area contributed by atoms with Crippen LogP contribution in [0.1, 0.15) is 41.1 Å². The molecule has 0 aliphatic carbocycles. The normalized spacial score (nSPS) is 15.1. The van der Waals surface area contributed by atoms with Crippen LogP contribution in [0.5, 0.6) is 0 Å². The molecule has 152 valence electrons. The van der Waals surface area contributed by atoms with E-state index in [0.29, 0.717) is 5.92 Å². The van der Waals surface area contributed by atoms with Gasteiger partial charge in [-0.25, -0.2) is 4.98 Å². The Kier molecular flexibility index (Phi) is 5.04. The van der Waals surface area contributed by atoms with Gasteiger partial charge in [0.05, 0.1) is 5.52 Å². The van der Waals surface area contributed by atoms with Crippen molar-refractivity contribution in [1.29, 1.82) is 0 Å². The van der Waals surface area contributed by atoms with Gasteiger partial charge in [-0.3, -0.25) is 0 Å². The number of fused-ring (bicyclic) bond motifs is 1. The highest BCUT2D eigenvalue weighted by Gasteiger charge is 2.25. The zero-order chi connectivity index (χ0) is 20.5. The Bertz CT molecular complexity index is 1140. The van der Waals surface area contributed by atoms with Crippen LogP contribution in [0, 0.1) is 13.8 Å². The van der Waals surface area contributed by atoms with Gasteiger partial charge in [-0.05, 0) is 55.4 Å². The van der Waals surface area contributed by atoms with Gasteiger partial charge in [-0.2, -0.15) is 0 Å². The van der Waals surface area contributed by atoms with Crippen molar-refractivity contribution in [2.24, 2.45) is 0 Å². The first-order chi connectivity index (χ1) is 14.7. The first-order valence-corrected chi connectivity index (χ1v) is 11.0. The highest BCUT2D eigenvalue weighted by molar-refractivity contribution is 5.93. The lowest BCUT2D eigenvalue weighted by molar-refractivity contribution is 0.503. The average Bonchev–Trinajstić information content (AvgIpc) is 3.05. The maximum absolute atomic E-state index is 4.89. The number of hydrogen-bond donors (Lipinski definition) is 0. The van der Waals surface area contributed by atoms with Gasteiger partial charge in [0.1, 0.15) is 0 Å². The Labute approximate surface area is 179 Å². The molecule has 0 radical (unpaired) electrons. The van der Waals surface area contributed by atoms with Gasteiger partial charge in [-0.1, -0.05) is 60.7 Å². The molecule has 1 aliphatic rings. The quantitative estimate of drug-likeness (QED) is 0.417. The number of nitrogens with zero attached hydrogens (tertiary/aromatic N) is 3. The van der Waals surface area contributed by atoms with Crippen molar-refractivity contribution in [3.63, 3.8) is 0 Å². The molecule has 0 bridgehead atoms. The number of aryl methyl sites for hydroxylation is 1. The van der Waals surface area contributed by atoms with Crippen LogP contribution in [-0.2, 0) is 6.54 Å². The van der Waals surface area contributed by atoms with Crippen molar-refractivity contribution in [3.05, 3.63) is 95.3 Å². The second-order valence-electron chi connectivity index (χ2n) is 8.48. The average molecular weight is 396 g/mol. The van der Waals surface area contributed by atoms with Gasteiger partial charge >= 0.3 is 0 Å². The maximum Gasteiger partial charge on any atom is 0.153 e. The molecular formula is C27H29N3. The van der Waals surface area contributed by atoms with Crippen molar-refractivity contribution in [2.75, 3.05) is 18.0 Å². The molecule has 1 fully saturated rings. The van der Waals surface area contributed by atoms with Crippen LogP contribution in [0.15, 0.2) is 72.9 Å². The molecule has 5 rings (SSSR count). The topological polar surface area (TPSA) is 21.1 Å². The summed E-state index contributed by atoms with van der Waals surface area (Å²) >= 11 is 0. The van der Waals surface area contributed by atoms with E-state index >= 15 is 0 Å². The van der Waals surface area contributed by atoms with E-state index in [-0.39, 0.29) is 0 Å². The largest absolute Gasteiger partial charge is 0.355 e. The molecule has 4 aromatic rings. The summed E-state index contributed by atoms with van der Waals surface area (Å²) in [6, 6.07) is 23.9. The minimum atomic E-state index is 0.654. The third-order valence-electron chi connectivity index (χ3n) is 6.78. The fourth-order valence-corrected chi connectivity index (χ4v) is 4.92. The number of benzene rings is 2. The van der Waals surface area contributed by atoms with Crippen molar-refractivity contribution < 1.29 is 0 Å². The van der Waals surface area contributed by atoms with E-state index in [2.05, 4.69) is 90.0 Å². The summed E-state index contributed by atoms with van der Waals surface area (Å²) in [5.74, 6) is 1.80. The number of piperidine rings is 1. The molecule has 0 saturated carbocycles. The summed E-state index contributed by atoms with van der Waals surface area (Å²) < 4.78 is 2.46. The van der Waals surface area contributed by atoms with Crippen LogP contribution in [0.4, 0.5) is 5.82 Å². The second kappa shape index (κ2) is 7.98. The Morgan fingerprint density at radius 1 is 0.867 bits per heavy atom. The fraction of sp³-hybridized carbons (Fsp3) is 0.296. The summed E-state index contributed by atoms with van der Waals surface area (Å²) in [5.41, 5.74) is 6.79. The summed E-state index contributed by atoms with van der Waals surface area (Å²) in [6.07, 6.45) is 4.35. The Hall–Kier alpha value is -3.07. The molecule has 0 N–H and O–H groups in total. The van der Waals surface area contributed by atoms with Crippen molar-refractivity contribution in [2.45, 2.75) is 39.2 Å². The molecule has 3 heteroatoms. The Morgan fingerprint density at radius 2 is 1.53 bits per heavy atom. The molecule has 0 unspecified atom stereocenters. The SMILES string of the molecule is Cc1c(C)n(Cc2ccccc2)c2c(N3CCC(c4ccccc4)CC3)nccc12. The van der Waals surface area contributed by atoms with E-state index in [4.69, 9.17) is 4.98 Å². The van der Waals surface area contributed by atoms with Crippen LogP contribution in [0.25, 0.3) is 10.9 Å². The lowest BCUT2D eigenvalue weighted by Gasteiger charge is -2.33. The van der Waals surface area contributed by atoms with Crippen LogP contribution in [0.2, 0.25) is 0 Å². The molecule has 1 aliphatic heterocycles. The highest BCUT2D eigenvalue weighted by Crippen LogP contribution is 2.35. The summed E-state index contributed by atoms with van der Waals surface area (Å²) in [4.78, 5) is 7.39. The smallest absolute Gasteiger partial charge is 0.153 e. The lowest BCUT2D eigenvalue weighted by atomic mass is 9.89. The van der Waals surface area contributed by atoms with Gasteiger partial charge in [-0.15, -0.1) is 0 Å². The zero-order valence-corrected chi connectivity index (χ0v) is 17.9. The monoisotopic (exact) mass is 395 g/mol. The van der Waals surface area contributed by atoms with Crippen LogP contribution in [-0.4, -0.2) is 22.6 Å². The number of pyridine rings is 1. The van der Waals surface area contributed by atoms with E-state index in [1.54, 1.807) is 0 Å². The zero-order valence-electron chi connectivity index (χ0n) is 17.9. The molecule has 3 nitrogen and oxygen atoms in total. The first-order valence-electron chi connectivity index (χ1n) is 11.0. The number of aromatic nitrogens is 2. The minimum absolute atomic E-state index is 0.654. The Balaban J connectivity index is 1.49. The van der Waals surface area contributed by atoms with Gasteiger partial charge in [0.2, 0.25) is 0 Å². The molecule has 2 aromatic heterocycles. The van der Waals surface area contributed by atoms with E-state index in [1.807, 2.05) is 6.20 Å². The molecule has 3 heterocycles. The van der Waals surface area contributed by atoms with E-state index < -0.39 is 0 Å². The number of anilines is 1. The molecule has 0 spiro atoms. The van der Waals surface area contributed by atoms with Crippen LogP contribution in [0.3, 0.4) is 0 Å². The number of rotatable bonds is 4. The minimum Gasteiger partial charge on any atom is -0.355 e. The van der Waals surface area contributed by atoms with Crippen LogP contribution >= 0.6 is 0 Å². The van der Waals surface area contributed by atoms with E-state index in [9.17, 15) is 0 Å². The van der Waals surface area contributed by atoms with Crippen molar-refractivity contribution in [3.8, 4) is 0 Å². The lowest BCUT2D eigenvalue weighted by Crippen LogP contribution is -2.33. The molecule has 30 heavy (non-hydrogen) atoms.